The molecule has 20 heavy (non-hydrogen) atoms. The van der Waals surface area contributed by atoms with Crippen molar-refractivity contribution in [3.8, 4) is 0 Å². The Labute approximate surface area is 120 Å². The van der Waals surface area contributed by atoms with Crippen molar-refractivity contribution in [3.05, 3.63) is 35.4 Å². The highest BCUT2D eigenvalue weighted by molar-refractivity contribution is 5.70. The van der Waals surface area contributed by atoms with E-state index in [2.05, 4.69) is 5.32 Å². The predicted octanol–water partition coefficient (Wildman–Crippen LogP) is 2.36. The smallest absolute Gasteiger partial charge is 0.307 e. The number of benzene rings is 1. The van der Waals surface area contributed by atoms with Gasteiger partial charge in [-0.05, 0) is 43.4 Å². The molecule has 0 spiro atoms. The number of nitrogens with one attached hydrogen (secondary N) is 1. The highest BCUT2D eigenvalue weighted by atomic mass is 16.5. The first-order chi connectivity index (χ1) is 9.74. The fourth-order valence-corrected chi connectivity index (χ4v) is 2.48. The fourth-order valence-electron chi connectivity index (χ4n) is 2.48. The van der Waals surface area contributed by atoms with Crippen molar-refractivity contribution in [3.63, 3.8) is 0 Å². The monoisotopic (exact) mass is 277 g/mol. The maximum Gasteiger partial charge on any atom is 0.307 e. The third-order valence-corrected chi connectivity index (χ3v) is 3.62. The third kappa shape index (κ3) is 5.31. The number of ether oxygens (including phenoxy) is 1. The summed E-state index contributed by atoms with van der Waals surface area (Å²) in [7, 11) is 0. The van der Waals surface area contributed by atoms with E-state index in [1.165, 1.54) is 24.8 Å². The summed E-state index contributed by atoms with van der Waals surface area (Å²) in [5, 5.41) is 12.1. The van der Waals surface area contributed by atoms with E-state index in [9.17, 15) is 4.79 Å². The molecule has 4 nitrogen and oxygen atoms in total. The number of aliphatic carboxylic acids is 1. The van der Waals surface area contributed by atoms with Crippen LogP contribution in [0.15, 0.2) is 24.3 Å². The predicted molar refractivity (Wildman–Crippen MR) is 77.7 cm³/mol. The van der Waals surface area contributed by atoms with E-state index in [0.29, 0.717) is 6.10 Å². The number of rotatable bonds is 7. The molecular formula is C16H23NO3. The molecule has 1 aromatic rings. The minimum Gasteiger partial charge on any atom is -0.481 e. The van der Waals surface area contributed by atoms with Crippen LogP contribution >= 0.6 is 0 Å². The number of hydrogen-bond acceptors (Lipinski definition) is 3. The van der Waals surface area contributed by atoms with Crippen molar-refractivity contribution in [2.24, 2.45) is 0 Å². The average Bonchev–Trinajstić information content (AvgIpc) is 2.46. The molecule has 0 amide bonds. The molecule has 0 bridgehead atoms. The van der Waals surface area contributed by atoms with E-state index in [0.717, 1.165) is 31.7 Å². The number of carboxylic acids is 1. The van der Waals surface area contributed by atoms with Gasteiger partial charge in [-0.2, -0.15) is 0 Å². The summed E-state index contributed by atoms with van der Waals surface area (Å²) in [6.07, 6.45) is 5.26. The van der Waals surface area contributed by atoms with E-state index in [-0.39, 0.29) is 6.42 Å². The number of carbonyl (C=O) groups is 1. The normalized spacial score (nSPS) is 18.9. The van der Waals surface area contributed by atoms with Gasteiger partial charge in [0.1, 0.15) is 0 Å². The Balaban J connectivity index is 1.64. The molecule has 2 rings (SSSR count). The van der Waals surface area contributed by atoms with Crippen molar-refractivity contribution in [1.29, 1.82) is 0 Å². The average molecular weight is 277 g/mol. The van der Waals surface area contributed by atoms with Crippen LogP contribution in [-0.4, -0.2) is 30.3 Å². The van der Waals surface area contributed by atoms with Crippen LogP contribution in [0, 0.1) is 0 Å². The van der Waals surface area contributed by atoms with Gasteiger partial charge >= 0.3 is 5.97 Å². The summed E-state index contributed by atoms with van der Waals surface area (Å²) in [6.45, 7) is 2.69. The summed E-state index contributed by atoms with van der Waals surface area (Å²) >= 11 is 0. The molecule has 1 fully saturated rings. The largest absolute Gasteiger partial charge is 0.481 e. The maximum absolute atomic E-state index is 10.6. The van der Waals surface area contributed by atoms with Gasteiger partial charge in [0.05, 0.1) is 12.5 Å². The van der Waals surface area contributed by atoms with Gasteiger partial charge in [-0.1, -0.05) is 24.3 Å². The molecule has 0 saturated carbocycles. The van der Waals surface area contributed by atoms with Crippen molar-refractivity contribution in [2.45, 2.75) is 44.8 Å². The van der Waals surface area contributed by atoms with Gasteiger partial charge in [-0.25, -0.2) is 0 Å². The Morgan fingerprint density at radius 3 is 2.65 bits per heavy atom. The van der Waals surface area contributed by atoms with Gasteiger partial charge in [0.2, 0.25) is 0 Å². The minimum absolute atomic E-state index is 0.0900. The summed E-state index contributed by atoms with van der Waals surface area (Å²) in [5.41, 5.74) is 2.03. The lowest BCUT2D eigenvalue weighted by molar-refractivity contribution is -0.136. The molecule has 1 atom stereocenters. The first-order valence-electron chi connectivity index (χ1n) is 7.36. The van der Waals surface area contributed by atoms with Crippen LogP contribution in [-0.2, 0) is 22.5 Å². The second-order valence-corrected chi connectivity index (χ2v) is 5.34. The van der Waals surface area contributed by atoms with E-state index >= 15 is 0 Å². The van der Waals surface area contributed by atoms with Crippen LogP contribution < -0.4 is 5.32 Å². The highest BCUT2D eigenvalue weighted by Gasteiger charge is 2.12. The molecule has 1 aliphatic rings. The molecule has 1 aliphatic heterocycles. The number of carboxylic acid groups (broad SMARTS) is 1. The van der Waals surface area contributed by atoms with Crippen LogP contribution in [0.4, 0.5) is 0 Å². The van der Waals surface area contributed by atoms with E-state index in [4.69, 9.17) is 9.84 Å². The fraction of sp³-hybridized carbons (Fsp3) is 0.562. The Bertz CT molecular complexity index is 410. The van der Waals surface area contributed by atoms with Gasteiger partial charge in [0, 0.05) is 13.2 Å². The summed E-state index contributed by atoms with van der Waals surface area (Å²) in [6, 6.07) is 7.75. The van der Waals surface area contributed by atoms with Crippen molar-refractivity contribution >= 4 is 5.97 Å². The zero-order chi connectivity index (χ0) is 14.2. The Morgan fingerprint density at radius 1 is 1.25 bits per heavy atom. The molecule has 0 radical (unpaired) electrons. The van der Waals surface area contributed by atoms with Crippen LogP contribution in [0.3, 0.4) is 0 Å². The molecule has 1 saturated heterocycles. The molecule has 0 aromatic heterocycles. The van der Waals surface area contributed by atoms with Crippen LogP contribution in [0.2, 0.25) is 0 Å². The topological polar surface area (TPSA) is 58.6 Å². The molecule has 1 unspecified atom stereocenters. The molecule has 0 aliphatic carbocycles. The van der Waals surface area contributed by atoms with E-state index in [1.807, 2.05) is 24.3 Å². The molecular weight excluding hydrogens is 254 g/mol. The van der Waals surface area contributed by atoms with Crippen LogP contribution in [0.25, 0.3) is 0 Å². The first-order valence-corrected chi connectivity index (χ1v) is 7.36. The Morgan fingerprint density at radius 2 is 2.00 bits per heavy atom. The van der Waals surface area contributed by atoms with Crippen LogP contribution in [0.1, 0.15) is 36.8 Å². The second kappa shape index (κ2) is 8.02. The summed E-state index contributed by atoms with van der Waals surface area (Å²) in [4.78, 5) is 10.6. The van der Waals surface area contributed by atoms with E-state index < -0.39 is 5.97 Å². The zero-order valence-electron chi connectivity index (χ0n) is 11.8. The Hall–Kier alpha value is -1.39. The van der Waals surface area contributed by atoms with Gasteiger partial charge in [0.25, 0.3) is 0 Å². The second-order valence-electron chi connectivity index (χ2n) is 5.34. The lowest BCUT2D eigenvalue weighted by atomic mass is 10.1. The molecule has 1 aromatic carbocycles. The van der Waals surface area contributed by atoms with Crippen molar-refractivity contribution < 1.29 is 14.6 Å². The van der Waals surface area contributed by atoms with Gasteiger partial charge < -0.3 is 15.2 Å². The SMILES string of the molecule is O=C(O)Cc1ccc(CNCCC2CCCCO2)cc1. The molecule has 110 valence electrons. The van der Waals surface area contributed by atoms with Gasteiger partial charge in [-0.15, -0.1) is 0 Å². The summed E-state index contributed by atoms with van der Waals surface area (Å²) < 4.78 is 5.69. The molecule has 2 N–H and O–H groups in total. The maximum atomic E-state index is 10.6. The Kier molecular flexibility index (Phi) is 6.02. The standard InChI is InChI=1S/C16H23NO3/c18-16(19)11-13-4-6-14(7-5-13)12-17-9-8-15-3-1-2-10-20-15/h4-7,15,17H,1-3,8-12H2,(H,18,19). The lowest BCUT2D eigenvalue weighted by Gasteiger charge is -2.22. The highest BCUT2D eigenvalue weighted by Crippen LogP contribution is 2.14. The minimum atomic E-state index is -0.789. The van der Waals surface area contributed by atoms with Crippen molar-refractivity contribution in [2.75, 3.05) is 13.2 Å². The zero-order valence-corrected chi connectivity index (χ0v) is 11.8. The molecule has 1 heterocycles. The van der Waals surface area contributed by atoms with E-state index in [1.54, 1.807) is 0 Å². The molecule has 4 heteroatoms. The van der Waals surface area contributed by atoms with Crippen molar-refractivity contribution in [1.82, 2.24) is 5.32 Å². The number of hydrogen-bond donors (Lipinski definition) is 2. The first kappa shape index (κ1) is 15.0. The lowest BCUT2D eigenvalue weighted by Crippen LogP contribution is -2.25. The quantitative estimate of drug-likeness (QED) is 0.751. The summed E-state index contributed by atoms with van der Waals surface area (Å²) in [5.74, 6) is -0.789. The third-order valence-electron chi connectivity index (χ3n) is 3.62. The van der Waals surface area contributed by atoms with Crippen LogP contribution in [0.5, 0.6) is 0 Å². The van der Waals surface area contributed by atoms with Gasteiger partial charge in [-0.3, -0.25) is 4.79 Å². The van der Waals surface area contributed by atoms with Gasteiger partial charge in [0.15, 0.2) is 0 Å².